The van der Waals surface area contributed by atoms with Crippen LogP contribution in [0.5, 0.6) is 0 Å². The Morgan fingerprint density at radius 2 is 2.25 bits per heavy atom. The van der Waals surface area contributed by atoms with Crippen molar-refractivity contribution < 1.29 is 0 Å². The molecule has 0 aliphatic heterocycles. The van der Waals surface area contributed by atoms with Crippen molar-refractivity contribution in [3.05, 3.63) is 0 Å². The van der Waals surface area contributed by atoms with Crippen molar-refractivity contribution >= 4 is 11.2 Å². The van der Waals surface area contributed by atoms with Gasteiger partial charge in [-0.2, -0.15) is 0 Å². The molecule has 1 nitrogen and oxygen atoms in total. The SMILES string of the molecule is CS#CN. The van der Waals surface area contributed by atoms with Crippen molar-refractivity contribution in [3.63, 3.8) is 0 Å². The Hall–Kier alpha value is -0.0400. The van der Waals surface area contributed by atoms with Gasteiger partial charge in [0.2, 0.25) is 0 Å². The summed E-state index contributed by atoms with van der Waals surface area (Å²) in [6.07, 6.45) is 1.86. The lowest BCUT2D eigenvalue weighted by molar-refractivity contribution is 1.77. The van der Waals surface area contributed by atoms with Crippen molar-refractivity contribution in [3.8, 4) is 5.31 Å². The molecule has 0 aromatic carbocycles. The van der Waals surface area contributed by atoms with Gasteiger partial charge in [0.25, 0.3) is 0 Å². The monoisotopic (exact) mass is 75.0 g/mol. The molecule has 24 valence electrons. The molecule has 0 rings (SSSR count). The normalized spacial score (nSPS) is 4.50. The summed E-state index contributed by atoms with van der Waals surface area (Å²) in [6, 6.07) is 0. The summed E-state index contributed by atoms with van der Waals surface area (Å²) in [5.41, 5.74) is 4.74. The van der Waals surface area contributed by atoms with Crippen molar-refractivity contribution in [2.75, 3.05) is 6.26 Å². The first-order chi connectivity index (χ1) is 1.91. The van der Waals surface area contributed by atoms with Crippen molar-refractivity contribution in [2.24, 2.45) is 5.73 Å². The second-order valence-corrected chi connectivity index (χ2v) is 0.966. The average molecular weight is 75.1 g/mol. The van der Waals surface area contributed by atoms with Crippen LogP contribution in [0.15, 0.2) is 0 Å². The van der Waals surface area contributed by atoms with E-state index >= 15 is 0 Å². The first-order valence-electron chi connectivity index (χ1n) is 0.901. The van der Waals surface area contributed by atoms with E-state index in [9.17, 15) is 0 Å². The molecule has 0 spiro atoms. The number of rotatable bonds is 0. The first-order valence-corrected chi connectivity index (χ1v) is 2.13. The second kappa shape index (κ2) is 2.96. The van der Waals surface area contributed by atoms with E-state index in [1.807, 2.05) is 6.26 Å². The third-order valence-corrected chi connectivity index (χ3v) is 0.354. The van der Waals surface area contributed by atoms with Gasteiger partial charge in [-0.05, 0) is 5.31 Å². The summed E-state index contributed by atoms with van der Waals surface area (Å²) < 4.78 is 0. The van der Waals surface area contributed by atoms with Crippen LogP contribution in [0.1, 0.15) is 0 Å². The maximum atomic E-state index is 4.74. The molecular formula is C2H5NS. The second-order valence-electron chi connectivity index (χ2n) is 0.322. The number of hydrogen-bond acceptors (Lipinski definition) is 1. The van der Waals surface area contributed by atoms with Gasteiger partial charge in [-0.25, -0.2) is 0 Å². The van der Waals surface area contributed by atoms with E-state index in [1.165, 1.54) is 11.2 Å². The fraction of sp³-hybridized carbons (Fsp3) is 0.500. The highest BCUT2D eigenvalue weighted by Gasteiger charge is 1.25. The van der Waals surface area contributed by atoms with Gasteiger partial charge in [-0.1, -0.05) is 0 Å². The van der Waals surface area contributed by atoms with Crippen molar-refractivity contribution in [2.45, 2.75) is 0 Å². The molecule has 0 atom stereocenters. The van der Waals surface area contributed by atoms with Gasteiger partial charge < -0.3 is 0 Å². The molecule has 0 bridgehead atoms. The summed E-state index contributed by atoms with van der Waals surface area (Å²) in [5, 5.41) is 2.35. The van der Waals surface area contributed by atoms with Gasteiger partial charge >= 0.3 is 0 Å². The lowest BCUT2D eigenvalue weighted by atomic mass is 11.6. The Bertz CT molecular complexity index is 42.8. The van der Waals surface area contributed by atoms with Gasteiger partial charge in [0.1, 0.15) is 0 Å². The molecule has 0 saturated heterocycles. The molecule has 0 radical (unpaired) electrons. The van der Waals surface area contributed by atoms with Crippen LogP contribution in [0.25, 0.3) is 0 Å². The maximum Gasteiger partial charge on any atom is 0.00761 e. The molecule has 0 amide bonds. The minimum absolute atomic E-state index is 1.38. The van der Waals surface area contributed by atoms with Gasteiger partial charge in [-0.3, -0.25) is 5.73 Å². The standard InChI is InChI=1S/C2H5NS/c1-4-2-3/h3H2,1H3. The molecule has 0 unspecified atom stereocenters. The third kappa shape index (κ3) is 1.96. The first kappa shape index (κ1) is 3.96. The molecule has 0 aliphatic carbocycles. The van der Waals surface area contributed by atoms with Gasteiger partial charge in [0.15, 0.2) is 0 Å². The van der Waals surface area contributed by atoms with E-state index in [1.54, 1.807) is 0 Å². The maximum absolute atomic E-state index is 4.74. The molecule has 2 N–H and O–H groups in total. The Kier molecular flexibility index (Phi) is 2.93. The highest BCUT2D eigenvalue weighted by atomic mass is 32.1. The molecule has 0 aromatic rings. The topological polar surface area (TPSA) is 26.0 Å². The van der Waals surface area contributed by atoms with Crippen LogP contribution in [0.4, 0.5) is 0 Å². The number of nitrogens with two attached hydrogens (primary N) is 1. The molecule has 0 heterocycles. The molecule has 0 aliphatic rings. The molecule has 4 heavy (non-hydrogen) atoms. The minimum Gasteiger partial charge on any atom is -0.261 e. The van der Waals surface area contributed by atoms with E-state index in [0.29, 0.717) is 0 Å². The Morgan fingerprint density at radius 1 is 2.00 bits per heavy atom. The predicted molar refractivity (Wildman–Crippen MR) is 21.6 cm³/mol. The van der Waals surface area contributed by atoms with E-state index in [2.05, 4.69) is 5.31 Å². The fourth-order valence-corrected chi connectivity index (χ4v) is 0. The van der Waals surface area contributed by atoms with Gasteiger partial charge in [0, 0.05) is 6.26 Å². The Labute approximate surface area is 29.4 Å². The Morgan fingerprint density at radius 3 is 2.25 bits per heavy atom. The van der Waals surface area contributed by atoms with Gasteiger partial charge in [0.05, 0.1) is 0 Å². The van der Waals surface area contributed by atoms with E-state index < -0.39 is 0 Å². The highest BCUT2D eigenvalue weighted by molar-refractivity contribution is 7.87. The average Bonchev–Trinajstić information content (AvgIpc) is 1.37. The summed E-state index contributed by atoms with van der Waals surface area (Å²) in [7, 11) is 0. The molecule has 0 aromatic heterocycles. The highest BCUT2D eigenvalue weighted by Crippen LogP contribution is 1.52. The van der Waals surface area contributed by atoms with Crippen LogP contribution in [0, 0.1) is 5.31 Å². The Balaban J connectivity index is 2.83. The predicted octanol–water partition coefficient (Wildman–Crippen LogP) is 0.225. The summed E-state index contributed by atoms with van der Waals surface area (Å²) in [5.74, 6) is 0. The van der Waals surface area contributed by atoms with Crippen LogP contribution in [-0.2, 0) is 0 Å². The largest absolute Gasteiger partial charge is 0.261 e. The van der Waals surface area contributed by atoms with Crippen molar-refractivity contribution in [1.29, 1.82) is 0 Å². The molecule has 0 saturated carbocycles. The number of hydrogen-bond donors (Lipinski definition) is 1. The van der Waals surface area contributed by atoms with E-state index in [-0.39, 0.29) is 0 Å². The van der Waals surface area contributed by atoms with Crippen LogP contribution in [-0.4, -0.2) is 6.26 Å². The zero-order valence-corrected chi connectivity index (χ0v) is 3.30. The molecular weight excluding hydrogens is 70.1 g/mol. The fourth-order valence-electron chi connectivity index (χ4n) is 0. The van der Waals surface area contributed by atoms with Crippen molar-refractivity contribution in [1.82, 2.24) is 0 Å². The van der Waals surface area contributed by atoms with Crippen LogP contribution >= 0.6 is 11.2 Å². The smallest absolute Gasteiger partial charge is 0.00761 e. The lowest BCUT2D eigenvalue weighted by Gasteiger charge is -1.42. The zero-order chi connectivity index (χ0) is 3.41. The zero-order valence-electron chi connectivity index (χ0n) is 2.49. The summed E-state index contributed by atoms with van der Waals surface area (Å²) in [6.45, 7) is 0. The summed E-state index contributed by atoms with van der Waals surface area (Å²) >= 11 is 1.38. The van der Waals surface area contributed by atoms with Gasteiger partial charge in [-0.15, -0.1) is 11.2 Å². The quantitative estimate of drug-likeness (QED) is 0.410. The molecule has 2 heteroatoms. The lowest BCUT2D eigenvalue weighted by Crippen LogP contribution is -1.69. The van der Waals surface area contributed by atoms with E-state index in [0.717, 1.165) is 0 Å². The summed E-state index contributed by atoms with van der Waals surface area (Å²) in [4.78, 5) is 0. The van der Waals surface area contributed by atoms with Crippen LogP contribution in [0.2, 0.25) is 0 Å². The van der Waals surface area contributed by atoms with E-state index in [4.69, 9.17) is 5.73 Å². The van der Waals surface area contributed by atoms with Crippen LogP contribution in [0.3, 0.4) is 0 Å². The molecule has 0 fully saturated rings. The minimum atomic E-state index is 1.38. The van der Waals surface area contributed by atoms with Crippen LogP contribution < -0.4 is 5.73 Å². The third-order valence-electron chi connectivity index (χ3n) is 0.118.